The Hall–Kier alpha value is -1.43. The largest absolute Gasteiger partial charge is 0.465 e. The van der Waals surface area contributed by atoms with E-state index in [9.17, 15) is 4.79 Å². The van der Waals surface area contributed by atoms with Crippen molar-refractivity contribution in [3.63, 3.8) is 0 Å². The van der Waals surface area contributed by atoms with Crippen molar-refractivity contribution in [2.75, 3.05) is 23.8 Å². The smallest absolute Gasteiger partial charge is 0.316 e. The number of ether oxygens (including phenoxy) is 1. The Morgan fingerprint density at radius 2 is 2.27 bits per heavy atom. The van der Waals surface area contributed by atoms with Crippen LogP contribution >= 0.6 is 11.8 Å². The van der Waals surface area contributed by atoms with E-state index < -0.39 is 0 Å². The average molecular weight is 227 g/mol. The highest BCUT2D eigenvalue weighted by Crippen LogP contribution is 2.20. The third-order valence-electron chi connectivity index (χ3n) is 1.58. The number of aromatic nitrogens is 1. The molecule has 0 spiro atoms. The Kier molecular flexibility index (Phi) is 4.23. The van der Waals surface area contributed by atoms with Gasteiger partial charge in [-0.1, -0.05) is 11.8 Å². The third kappa shape index (κ3) is 3.67. The topological polar surface area (TPSA) is 91.2 Å². The number of rotatable bonds is 4. The van der Waals surface area contributed by atoms with Crippen LogP contribution in [0.2, 0.25) is 0 Å². The first kappa shape index (κ1) is 11.6. The summed E-state index contributed by atoms with van der Waals surface area (Å²) in [6, 6.07) is 3.38. The maximum Gasteiger partial charge on any atom is 0.316 e. The predicted molar refractivity (Wildman–Crippen MR) is 60.4 cm³/mol. The zero-order valence-corrected chi connectivity index (χ0v) is 9.21. The minimum Gasteiger partial charge on any atom is -0.465 e. The summed E-state index contributed by atoms with van der Waals surface area (Å²) in [6.45, 7) is 2.15. The number of nitrogen functional groups attached to an aromatic ring is 2. The number of nitrogens with two attached hydrogens (primary N) is 2. The number of nitrogens with zero attached hydrogens (tertiary/aromatic N) is 1. The first-order chi connectivity index (χ1) is 7.13. The van der Waals surface area contributed by atoms with E-state index in [0.29, 0.717) is 17.3 Å². The standard InChI is InChI=1S/C9H13N3O2S/c1-2-14-8(13)5-15-7-4-3-6(10)9(11)12-7/h3-4H,2,5,10H2,1H3,(H2,11,12). The SMILES string of the molecule is CCOC(=O)CSc1ccc(N)c(N)n1. The highest BCUT2D eigenvalue weighted by molar-refractivity contribution is 7.99. The number of pyridine rings is 1. The summed E-state index contributed by atoms with van der Waals surface area (Å²) < 4.78 is 4.77. The van der Waals surface area contributed by atoms with Gasteiger partial charge in [-0.15, -0.1) is 0 Å². The minimum absolute atomic E-state index is 0.226. The van der Waals surface area contributed by atoms with Crippen molar-refractivity contribution in [3.8, 4) is 0 Å². The molecule has 15 heavy (non-hydrogen) atoms. The molecule has 5 nitrogen and oxygen atoms in total. The van der Waals surface area contributed by atoms with Crippen LogP contribution in [-0.4, -0.2) is 23.3 Å². The van der Waals surface area contributed by atoms with Crippen molar-refractivity contribution >= 4 is 29.2 Å². The molecule has 0 aliphatic heterocycles. The fourth-order valence-corrected chi connectivity index (χ4v) is 1.56. The lowest BCUT2D eigenvalue weighted by Crippen LogP contribution is -2.07. The highest BCUT2D eigenvalue weighted by Gasteiger charge is 2.05. The molecule has 1 rings (SSSR count). The van der Waals surface area contributed by atoms with Crippen LogP contribution in [-0.2, 0) is 9.53 Å². The molecule has 1 aromatic heterocycles. The van der Waals surface area contributed by atoms with Crippen molar-refractivity contribution in [3.05, 3.63) is 12.1 Å². The molecule has 6 heteroatoms. The molecule has 0 unspecified atom stereocenters. The molecule has 0 radical (unpaired) electrons. The summed E-state index contributed by atoms with van der Waals surface area (Å²) in [4.78, 5) is 15.1. The second-order valence-electron chi connectivity index (χ2n) is 2.72. The van der Waals surface area contributed by atoms with E-state index in [2.05, 4.69) is 4.98 Å². The van der Waals surface area contributed by atoms with Crippen molar-refractivity contribution in [2.45, 2.75) is 11.9 Å². The predicted octanol–water partition coefficient (Wildman–Crippen LogP) is 0.901. The van der Waals surface area contributed by atoms with Gasteiger partial charge in [0, 0.05) is 0 Å². The number of hydrogen-bond acceptors (Lipinski definition) is 6. The first-order valence-corrected chi connectivity index (χ1v) is 5.42. The van der Waals surface area contributed by atoms with Crippen molar-refractivity contribution in [2.24, 2.45) is 0 Å². The maximum absolute atomic E-state index is 11.0. The van der Waals surface area contributed by atoms with Crippen LogP contribution in [0, 0.1) is 0 Å². The summed E-state index contributed by atoms with van der Waals surface area (Å²) >= 11 is 1.27. The lowest BCUT2D eigenvalue weighted by molar-refractivity contribution is -0.139. The third-order valence-corrected chi connectivity index (χ3v) is 2.48. The molecule has 0 aromatic carbocycles. The fourth-order valence-electron chi connectivity index (χ4n) is 0.883. The molecular formula is C9H13N3O2S. The summed E-state index contributed by atoms with van der Waals surface area (Å²) in [5, 5.41) is 0.662. The summed E-state index contributed by atoms with van der Waals surface area (Å²) in [6.07, 6.45) is 0. The number of carbonyl (C=O) groups excluding carboxylic acids is 1. The van der Waals surface area contributed by atoms with Gasteiger partial charge in [0.2, 0.25) is 0 Å². The highest BCUT2D eigenvalue weighted by atomic mass is 32.2. The summed E-state index contributed by atoms with van der Waals surface area (Å²) in [5.74, 6) is 0.244. The number of hydrogen-bond donors (Lipinski definition) is 2. The molecule has 0 amide bonds. The molecule has 0 saturated carbocycles. The minimum atomic E-state index is -0.264. The van der Waals surface area contributed by atoms with Crippen LogP contribution < -0.4 is 11.5 Å². The van der Waals surface area contributed by atoms with E-state index in [1.54, 1.807) is 19.1 Å². The van der Waals surface area contributed by atoms with Crippen LogP contribution in [0.3, 0.4) is 0 Å². The Bertz CT molecular complexity index is 357. The van der Waals surface area contributed by atoms with Crippen molar-refractivity contribution < 1.29 is 9.53 Å². The van der Waals surface area contributed by atoms with Crippen LogP contribution in [0.15, 0.2) is 17.2 Å². The molecule has 0 bridgehead atoms. The summed E-state index contributed by atoms with van der Waals surface area (Å²) in [7, 11) is 0. The molecule has 0 aliphatic carbocycles. The lowest BCUT2D eigenvalue weighted by Gasteiger charge is -2.03. The number of anilines is 2. The molecule has 0 atom stereocenters. The van der Waals surface area contributed by atoms with E-state index in [0.717, 1.165) is 0 Å². The molecule has 1 heterocycles. The number of esters is 1. The number of carbonyl (C=O) groups is 1. The van der Waals surface area contributed by atoms with E-state index >= 15 is 0 Å². The monoisotopic (exact) mass is 227 g/mol. The Morgan fingerprint density at radius 3 is 2.87 bits per heavy atom. The molecule has 0 aliphatic rings. The summed E-state index contributed by atoms with van der Waals surface area (Å²) in [5.41, 5.74) is 11.5. The van der Waals surface area contributed by atoms with Gasteiger partial charge in [0.1, 0.15) is 5.82 Å². The normalized spacial score (nSPS) is 9.93. The van der Waals surface area contributed by atoms with Gasteiger partial charge in [-0.25, -0.2) is 4.98 Å². The molecule has 0 saturated heterocycles. The van der Waals surface area contributed by atoms with E-state index in [4.69, 9.17) is 16.2 Å². The van der Waals surface area contributed by atoms with Gasteiger partial charge in [0.15, 0.2) is 0 Å². The molecule has 82 valence electrons. The molecular weight excluding hydrogens is 214 g/mol. The Labute approximate surface area is 92.2 Å². The van der Waals surface area contributed by atoms with Crippen LogP contribution in [0.5, 0.6) is 0 Å². The molecule has 0 fully saturated rings. The maximum atomic E-state index is 11.0. The van der Waals surface area contributed by atoms with Gasteiger partial charge < -0.3 is 16.2 Å². The van der Waals surface area contributed by atoms with E-state index in [-0.39, 0.29) is 17.5 Å². The quantitative estimate of drug-likeness (QED) is 0.586. The molecule has 1 aromatic rings. The van der Waals surface area contributed by atoms with Crippen molar-refractivity contribution in [1.82, 2.24) is 4.98 Å². The van der Waals surface area contributed by atoms with Gasteiger partial charge in [-0.2, -0.15) is 0 Å². The van der Waals surface area contributed by atoms with Crippen LogP contribution in [0.4, 0.5) is 11.5 Å². The molecule has 4 N–H and O–H groups in total. The van der Waals surface area contributed by atoms with E-state index in [1.807, 2.05) is 0 Å². The van der Waals surface area contributed by atoms with Crippen LogP contribution in [0.1, 0.15) is 6.92 Å². The first-order valence-electron chi connectivity index (χ1n) is 4.44. The van der Waals surface area contributed by atoms with E-state index in [1.165, 1.54) is 11.8 Å². The van der Waals surface area contributed by atoms with Gasteiger partial charge in [0.25, 0.3) is 0 Å². The zero-order valence-electron chi connectivity index (χ0n) is 8.40. The Balaban J connectivity index is 2.51. The fraction of sp³-hybridized carbons (Fsp3) is 0.333. The van der Waals surface area contributed by atoms with Gasteiger partial charge in [-0.05, 0) is 19.1 Å². The number of thioether (sulfide) groups is 1. The average Bonchev–Trinajstić information content (AvgIpc) is 2.20. The van der Waals surface area contributed by atoms with Gasteiger partial charge in [0.05, 0.1) is 23.1 Å². The van der Waals surface area contributed by atoms with Gasteiger partial charge >= 0.3 is 5.97 Å². The Morgan fingerprint density at radius 1 is 1.53 bits per heavy atom. The zero-order chi connectivity index (χ0) is 11.3. The lowest BCUT2D eigenvalue weighted by atomic mass is 10.4. The second-order valence-corrected chi connectivity index (χ2v) is 3.71. The van der Waals surface area contributed by atoms with Crippen LogP contribution in [0.25, 0.3) is 0 Å². The van der Waals surface area contributed by atoms with Gasteiger partial charge in [-0.3, -0.25) is 4.79 Å². The van der Waals surface area contributed by atoms with Crippen molar-refractivity contribution in [1.29, 1.82) is 0 Å². The second kappa shape index (κ2) is 5.45.